The van der Waals surface area contributed by atoms with Crippen LogP contribution in [0.3, 0.4) is 0 Å². The van der Waals surface area contributed by atoms with Crippen LogP contribution in [0.25, 0.3) is 0 Å². The monoisotopic (exact) mass is 374 g/mol. The number of hydrogen-bond donors (Lipinski definition) is 1. The molecule has 0 spiro atoms. The SMILES string of the molecule is COc1ccc(NS(=O)(=O)c2ccc(C)cc2)c2c1CC(N(C)C)CC2. The molecule has 2 aromatic rings. The Hall–Kier alpha value is -2.05. The Bertz CT molecular complexity index is 890. The van der Waals surface area contributed by atoms with Crippen LogP contribution in [-0.2, 0) is 22.9 Å². The number of fused-ring (bicyclic) bond motifs is 1. The van der Waals surface area contributed by atoms with Crippen LogP contribution in [0.4, 0.5) is 5.69 Å². The number of hydrogen-bond acceptors (Lipinski definition) is 4. The van der Waals surface area contributed by atoms with Crippen molar-refractivity contribution in [3.8, 4) is 5.75 Å². The Morgan fingerprint density at radius 1 is 1.08 bits per heavy atom. The van der Waals surface area contributed by atoms with Crippen molar-refractivity contribution in [3.63, 3.8) is 0 Å². The van der Waals surface area contributed by atoms with Gasteiger partial charge in [-0.1, -0.05) is 17.7 Å². The third-order valence-electron chi connectivity index (χ3n) is 5.08. The number of sulfonamides is 1. The number of nitrogens with one attached hydrogen (secondary N) is 1. The number of benzene rings is 2. The van der Waals surface area contributed by atoms with Gasteiger partial charge in [0.25, 0.3) is 10.0 Å². The zero-order valence-corrected chi connectivity index (χ0v) is 16.6. The number of methoxy groups -OCH3 is 1. The van der Waals surface area contributed by atoms with Crippen LogP contribution in [0, 0.1) is 6.92 Å². The van der Waals surface area contributed by atoms with Crippen molar-refractivity contribution in [1.29, 1.82) is 0 Å². The van der Waals surface area contributed by atoms with E-state index in [1.807, 2.05) is 13.0 Å². The highest BCUT2D eigenvalue weighted by Gasteiger charge is 2.26. The van der Waals surface area contributed by atoms with Gasteiger partial charge in [-0.3, -0.25) is 4.72 Å². The van der Waals surface area contributed by atoms with Crippen LogP contribution in [-0.4, -0.2) is 40.6 Å². The fraction of sp³-hybridized carbons (Fsp3) is 0.400. The molecule has 2 aromatic carbocycles. The number of ether oxygens (including phenoxy) is 1. The van der Waals surface area contributed by atoms with Crippen molar-refractivity contribution in [1.82, 2.24) is 4.90 Å². The first-order chi connectivity index (χ1) is 12.3. The van der Waals surface area contributed by atoms with Crippen molar-refractivity contribution < 1.29 is 13.2 Å². The fourth-order valence-corrected chi connectivity index (χ4v) is 4.57. The average Bonchev–Trinajstić information content (AvgIpc) is 2.61. The van der Waals surface area contributed by atoms with E-state index in [0.29, 0.717) is 11.7 Å². The Labute approximate surface area is 156 Å². The minimum atomic E-state index is -3.61. The minimum Gasteiger partial charge on any atom is -0.496 e. The lowest BCUT2D eigenvalue weighted by atomic mass is 9.86. The van der Waals surface area contributed by atoms with Gasteiger partial charge in [0.15, 0.2) is 0 Å². The van der Waals surface area contributed by atoms with Crippen molar-refractivity contribution >= 4 is 15.7 Å². The number of likely N-dealkylation sites (N-methyl/N-ethyl adjacent to an activating group) is 1. The molecule has 26 heavy (non-hydrogen) atoms. The number of nitrogens with zero attached hydrogens (tertiary/aromatic N) is 1. The van der Waals surface area contributed by atoms with Gasteiger partial charge in [-0.25, -0.2) is 8.42 Å². The van der Waals surface area contributed by atoms with Gasteiger partial charge in [0, 0.05) is 11.6 Å². The summed E-state index contributed by atoms with van der Waals surface area (Å²) in [7, 11) is 2.19. The number of anilines is 1. The van der Waals surface area contributed by atoms with Gasteiger partial charge in [0.05, 0.1) is 17.7 Å². The van der Waals surface area contributed by atoms with Crippen molar-refractivity contribution in [2.75, 3.05) is 25.9 Å². The predicted octanol–water partition coefficient (Wildman–Crippen LogP) is 3.22. The van der Waals surface area contributed by atoms with Crippen LogP contribution in [0.15, 0.2) is 41.3 Å². The molecule has 5 nitrogen and oxygen atoms in total. The van der Waals surface area contributed by atoms with Gasteiger partial charge >= 0.3 is 0 Å². The summed E-state index contributed by atoms with van der Waals surface area (Å²) < 4.78 is 33.9. The molecule has 0 bridgehead atoms. The van der Waals surface area contributed by atoms with Crippen molar-refractivity contribution in [3.05, 3.63) is 53.1 Å². The summed E-state index contributed by atoms with van der Waals surface area (Å²) in [5.41, 5.74) is 3.82. The maximum Gasteiger partial charge on any atom is 0.261 e. The first-order valence-corrected chi connectivity index (χ1v) is 10.2. The molecular weight excluding hydrogens is 348 g/mol. The fourth-order valence-electron chi connectivity index (χ4n) is 3.48. The molecule has 1 aliphatic rings. The van der Waals surface area contributed by atoms with Crippen LogP contribution in [0.1, 0.15) is 23.1 Å². The molecule has 6 heteroatoms. The summed E-state index contributed by atoms with van der Waals surface area (Å²) in [5, 5.41) is 0. The van der Waals surface area contributed by atoms with Crippen LogP contribution < -0.4 is 9.46 Å². The van der Waals surface area contributed by atoms with Gasteiger partial charge in [-0.05, 0) is 70.1 Å². The van der Waals surface area contributed by atoms with E-state index in [9.17, 15) is 8.42 Å². The summed E-state index contributed by atoms with van der Waals surface area (Å²) in [6.45, 7) is 1.94. The second-order valence-corrected chi connectivity index (χ2v) is 8.73. The molecule has 0 aromatic heterocycles. The Morgan fingerprint density at radius 2 is 1.77 bits per heavy atom. The highest BCUT2D eigenvalue weighted by Crippen LogP contribution is 2.36. The van der Waals surface area contributed by atoms with E-state index in [-0.39, 0.29) is 4.90 Å². The first kappa shape index (κ1) is 18.7. The maximum atomic E-state index is 12.8. The van der Waals surface area contributed by atoms with Gasteiger partial charge in [-0.15, -0.1) is 0 Å². The zero-order valence-electron chi connectivity index (χ0n) is 15.7. The summed E-state index contributed by atoms with van der Waals surface area (Å²) in [6, 6.07) is 11.0. The van der Waals surface area contributed by atoms with E-state index >= 15 is 0 Å². The van der Waals surface area contributed by atoms with E-state index in [1.54, 1.807) is 37.4 Å². The highest BCUT2D eigenvalue weighted by molar-refractivity contribution is 7.92. The molecule has 3 rings (SSSR count). The van der Waals surface area contributed by atoms with E-state index < -0.39 is 10.0 Å². The molecule has 1 atom stereocenters. The zero-order chi connectivity index (χ0) is 18.9. The van der Waals surface area contributed by atoms with E-state index in [2.05, 4.69) is 23.7 Å². The van der Waals surface area contributed by atoms with Crippen LogP contribution in [0.2, 0.25) is 0 Å². The Kier molecular flexibility index (Phi) is 5.25. The molecular formula is C20H26N2O3S. The molecule has 1 unspecified atom stereocenters. The Balaban J connectivity index is 1.97. The number of aryl methyl sites for hydroxylation is 1. The topological polar surface area (TPSA) is 58.6 Å². The third-order valence-corrected chi connectivity index (χ3v) is 6.46. The van der Waals surface area contributed by atoms with Crippen molar-refractivity contribution in [2.45, 2.75) is 37.1 Å². The summed E-state index contributed by atoms with van der Waals surface area (Å²) in [6.07, 6.45) is 2.67. The first-order valence-electron chi connectivity index (χ1n) is 8.76. The van der Waals surface area contributed by atoms with Gasteiger partial charge in [-0.2, -0.15) is 0 Å². The second kappa shape index (κ2) is 7.29. The lowest BCUT2D eigenvalue weighted by Crippen LogP contribution is -2.34. The number of rotatable bonds is 5. The van der Waals surface area contributed by atoms with Crippen LogP contribution in [0.5, 0.6) is 5.75 Å². The smallest absolute Gasteiger partial charge is 0.261 e. The molecule has 0 saturated heterocycles. The van der Waals surface area contributed by atoms with Crippen molar-refractivity contribution in [2.24, 2.45) is 0 Å². The van der Waals surface area contributed by atoms with Gasteiger partial charge in [0.1, 0.15) is 5.75 Å². The molecule has 0 radical (unpaired) electrons. The predicted molar refractivity (Wildman–Crippen MR) is 104 cm³/mol. The maximum absolute atomic E-state index is 12.8. The lowest BCUT2D eigenvalue weighted by Gasteiger charge is -2.32. The lowest BCUT2D eigenvalue weighted by molar-refractivity contribution is 0.265. The standard InChI is InChI=1S/C20H26N2O3S/c1-14-5-8-16(9-6-14)26(23,24)21-19-11-12-20(25-4)18-13-15(22(2)3)7-10-17(18)19/h5-6,8-9,11-12,15,21H,7,10,13H2,1-4H3. The summed E-state index contributed by atoms with van der Waals surface area (Å²) in [5.74, 6) is 0.824. The molecule has 0 aliphatic heterocycles. The molecule has 140 valence electrons. The normalized spacial score (nSPS) is 17.0. The minimum absolute atomic E-state index is 0.273. The summed E-state index contributed by atoms with van der Waals surface area (Å²) >= 11 is 0. The van der Waals surface area contributed by atoms with E-state index in [4.69, 9.17) is 4.74 Å². The molecule has 0 amide bonds. The molecule has 1 N–H and O–H groups in total. The quantitative estimate of drug-likeness (QED) is 0.873. The van der Waals surface area contributed by atoms with Crippen LogP contribution >= 0.6 is 0 Å². The van der Waals surface area contributed by atoms with E-state index in [0.717, 1.165) is 41.7 Å². The molecule has 1 aliphatic carbocycles. The van der Waals surface area contributed by atoms with E-state index in [1.165, 1.54) is 0 Å². The second-order valence-electron chi connectivity index (χ2n) is 7.05. The highest BCUT2D eigenvalue weighted by atomic mass is 32.2. The molecule has 0 saturated carbocycles. The molecule has 0 heterocycles. The molecule has 0 fully saturated rings. The van der Waals surface area contributed by atoms with Gasteiger partial charge in [0.2, 0.25) is 0 Å². The van der Waals surface area contributed by atoms with Gasteiger partial charge < -0.3 is 9.64 Å². The average molecular weight is 375 g/mol. The Morgan fingerprint density at radius 3 is 2.38 bits per heavy atom. The largest absolute Gasteiger partial charge is 0.496 e. The third kappa shape index (κ3) is 3.71. The summed E-state index contributed by atoms with van der Waals surface area (Å²) in [4.78, 5) is 2.49.